The van der Waals surface area contributed by atoms with Crippen molar-refractivity contribution in [2.45, 2.75) is 10.8 Å². The molecule has 104 valence electrons. The first-order valence-corrected chi connectivity index (χ1v) is 7.27. The van der Waals surface area contributed by atoms with E-state index >= 15 is 0 Å². The molecule has 0 fully saturated rings. The number of rotatable bonds is 5. The first kappa shape index (κ1) is 13.9. The third-order valence-corrected chi connectivity index (χ3v) is 4.02. The zero-order valence-electron chi connectivity index (χ0n) is 10.4. The summed E-state index contributed by atoms with van der Waals surface area (Å²) in [6, 6.07) is 6.48. The third kappa shape index (κ3) is 3.29. The quantitative estimate of drug-likeness (QED) is 0.797. The number of sulfone groups is 1. The van der Waals surface area contributed by atoms with Crippen LogP contribution in [0.25, 0.3) is 0 Å². The van der Waals surface area contributed by atoms with Gasteiger partial charge in [0.25, 0.3) is 0 Å². The average molecular weight is 292 g/mol. The fourth-order valence-corrected chi connectivity index (χ4v) is 2.68. The van der Waals surface area contributed by atoms with Crippen molar-refractivity contribution in [1.82, 2.24) is 15.4 Å². The molecule has 0 bridgehead atoms. The highest BCUT2D eigenvalue weighted by Crippen LogP contribution is 2.15. The molecule has 1 aromatic heterocycles. The highest BCUT2D eigenvalue weighted by Gasteiger charge is 2.18. The van der Waals surface area contributed by atoms with Crippen molar-refractivity contribution in [3.05, 3.63) is 48.7 Å². The van der Waals surface area contributed by atoms with E-state index in [1.165, 1.54) is 0 Å². The number of carbonyl (C=O) groups is 1. The molecule has 0 aliphatic rings. The highest BCUT2D eigenvalue weighted by molar-refractivity contribution is 7.90. The van der Waals surface area contributed by atoms with Gasteiger partial charge in [0, 0.05) is 5.69 Å². The molecule has 2 N–H and O–H groups in total. The van der Waals surface area contributed by atoms with Crippen LogP contribution in [0, 0.1) is 0 Å². The summed E-state index contributed by atoms with van der Waals surface area (Å²) >= 11 is 0. The molecule has 2 aromatic rings. The summed E-state index contributed by atoms with van der Waals surface area (Å²) in [5, 5.41) is 11.8. The molecular weight excluding hydrogens is 280 g/mol. The molecule has 1 amide bonds. The van der Waals surface area contributed by atoms with E-state index in [9.17, 15) is 13.2 Å². The molecule has 0 radical (unpaired) electrons. The van der Waals surface area contributed by atoms with E-state index < -0.39 is 9.84 Å². The molecule has 0 aliphatic carbocycles. The molecule has 0 saturated heterocycles. The van der Waals surface area contributed by atoms with Crippen molar-refractivity contribution in [3.8, 4) is 0 Å². The van der Waals surface area contributed by atoms with Gasteiger partial charge in [-0.1, -0.05) is 18.7 Å². The Morgan fingerprint density at radius 3 is 2.60 bits per heavy atom. The fourth-order valence-electron chi connectivity index (χ4n) is 1.51. The Bertz CT molecular complexity index is 706. The van der Waals surface area contributed by atoms with Crippen LogP contribution in [0.5, 0.6) is 0 Å². The van der Waals surface area contributed by atoms with Gasteiger partial charge in [0.05, 0.1) is 11.9 Å². The van der Waals surface area contributed by atoms with Crippen LogP contribution in [0.4, 0.5) is 5.69 Å². The van der Waals surface area contributed by atoms with Crippen LogP contribution >= 0.6 is 0 Å². The fraction of sp³-hybridized carbons (Fsp3) is 0.0833. The number of hydrogen-bond acceptors (Lipinski definition) is 5. The van der Waals surface area contributed by atoms with Gasteiger partial charge in [-0.3, -0.25) is 4.79 Å². The molecule has 0 saturated carbocycles. The molecule has 2 rings (SSSR count). The highest BCUT2D eigenvalue weighted by atomic mass is 32.2. The van der Waals surface area contributed by atoms with E-state index in [-0.39, 0.29) is 16.7 Å². The van der Waals surface area contributed by atoms with Gasteiger partial charge in [-0.2, -0.15) is 10.3 Å². The Morgan fingerprint density at radius 2 is 2.05 bits per heavy atom. The number of carbonyl (C=O) groups excluding carboxylic acids is 1. The molecule has 8 heteroatoms. The monoisotopic (exact) mass is 292 g/mol. The number of anilines is 1. The third-order valence-electron chi connectivity index (χ3n) is 2.48. The smallest absolute Gasteiger partial charge is 0.247 e. The lowest BCUT2D eigenvalue weighted by Gasteiger charge is -2.04. The van der Waals surface area contributed by atoms with Crippen LogP contribution in [0.1, 0.15) is 5.56 Å². The molecule has 7 nitrogen and oxygen atoms in total. The Morgan fingerprint density at radius 1 is 1.35 bits per heavy atom. The standard InChI is InChI=1S/C12H12N4O3S/c1-2-11(17)14-10-5-3-9(4-6-10)8-20(18,19)12-7-13-16-15-12/h2-7H,1,8H2,(H,14,17)(H,13,15,16). The number of nitrogens with zero attached hydrogens (tertiary/aromatic N) is 2. The van der Waals surface area contributed by atoms with Gasteiger partial charge in [0.2, 0.25) is 15.7 Å². The predicted octanol–water partition coefficient (Wildman–Crippen LogP) is 0.903. The summed E-state index contributed by atoms with van der Waals surface area (Å²) in [4.78, 5) is 11.1. The van der Waals surface area contributed by atoms with Gasteiger partial charge >= 0.3 is 0 Å². The Balaban J connectivity index is 2.11. The van der Waals surface area contributed by atoms with Crippen molar-refractivity contribution < 1.29 is 13.2 Å². The van der Waals surface area contributed by atoms with Crippen molar-refractivity contribution in [1.29, 1.82) is 0 Å². The second-order valence-electron chi connectivity index (χ2n) is 3.96. The first-order valence-electron chi connectivity index (χ1n) is 5.62. The van der Waals surface area contributed by atoms with E-state index in [0.717, 1.165) is 12.3 Å². The van der Waals surface area contributed by atoms with Gasteiger partial charge in [-0.25, -0.2) is 8.42 Å². The van der Waals surface area contributed by atoms with Crippen molar-refractivity contribution in [2.24, 2.45) is 0 Å². The van der Waals surface area contributed by atoms with Crippen LogP contribution < -0.4 is 5.32 Å². The molecule has 0 atom stereocenters. The largest absolute Gasteiger partial charge is 0.323 e. The molecule has 1 heterocycles. The van der Waals surface area contributed by atoms with E-state index in [4.69, 9.17) is 0 Å². The van der Waals surface area contributed by atoms with Gasteiger partial charge in [-0.15, -0.1) is 5.10 Å². The van der Waals surface area contributed by atoms with Crippen molar-refractivity contribution in [3.63, 3.8) is 0 Å². The number of amides is 1. The minimum Gasteiger partial charge on any atom is -0.323 e. The Hall–Kier alpha value is -2.48. The summed E-state index contributed by atoms with van der Waals surface area (Å²) in [5.74, 6) is -0.511. The lowest BCUT2D eigenvalue weighted by atomic mass is 10.2. The number of hydrogen-bond donors (Lipinski definition) is 2. The van der Waals surface area contributed by atoms with Crippen molar-refractivity contribution in [2.75, 3.05) is 5.32 Å². The molecular formula is C12H12N4O3S. The van der Waals surface area contributed by atoms with E-state index in [2.05, 4.69) is 27.3 Å². The lowest BCUT2D eigenvalue weighted by Crippen LogP contribution is -2.08. The predicted molar refractivity (Wildman–Crippen MR) is 72.5 cm³/mol. The molecule has 0 unspecified atom stereocenters. The zero-order valence-corrected chi connectivity index (χ0v) is 11.2. The summed E-state index contributed by atoms with van der Waals surface area (Å²) in [7, 11) is -3.52. The maximum Gasteiger partial charge on any atom is 0.247 e. The minimum absolute atomic E-state index is 0.0958. The number of benzene rings is 1. The van der Waals surface area contributed by atoms with Crippen molar-refractivity contribution >= 4 is 21.4 Å². The average Bonchev–Trinajstić information content (AvgIpc) is 2.95. The number of nitrogens with one attached hydrogen (secondary N) is 2. The normalized spacial score (nSPS) is 11.0. The molecule has 0 aliphatic heterocycles. The number of H-pyrrole nitrogens is 1. The van der Waals surface area contributed by atoms with E-state index in [0.29, 0.717) is 11.3 Å². The summed E-state index contributed by atoms with van der Waals surface area (Å²) in [5.41, 5.74) is 1.15. The SMILES string of the molecule is C=CC(=O)Nc1ccc(CS(=O)(=O)c2cn[nH]n2)cc1. The summed E-state index contributed by atoms with van der Waals surface area (Å²) in [6.45, 7) is 3.34. The molecule has 20 heavy (non-hydrogen) atoms. The molecule has 0 spiro atoms. The van der Waals surface area contributed by atoms with Gasteiger partial charge in [-0.05, 0) is 23.8 Å². The molecule has 1 aromatic carbocycles. The summed E-state index contributed by atoms with van der Waals surface area (Å²) in [6.07, 6.45) is 2.32. The second-order valence-corrected chi connectivity index (χ2v) is 5.89. The van der Waals surface area contributed by atoms with Crippen LogP contribution in [0.3, 0.4) is 0 Å². The van der Waals surface area contributed by atoms with E-state index in [1.54, 1.807) is 24.3 Å². The number of aromatic nitrogens is 3. The Kier molecular flexibility index (Phi) is 3.94. The van der Waals surface area contributed by atoms with Crippen LogP contribution in [-0.4, -0.2) is 29.7 Å². The second kappa shape index (κ2) is 5.66. The minimum atomic E-state index is -3.52. The lowest BCUT2D eigenvalue weighted by molar-refractivity contribution is -0.111. The van der Waals surface area contributed by atoms with Gasteiger partial charge in [0.15, 0.2) is 5.03 Å². The maximum absolute atomic E-state index is 12.0. The number of aromatic amines is 1. The first-order chi connectivity index (χ1) is 9.51. The zero-order chi connectivity index (χ0) is 14.6. The Labute approximate surface area is 115 Å². The van der Waals surface area contributed by atoms with Crippen LogP contribution in [0.15, 0.2) is 48.1 Å². The summed E-state index contributed by atoms with van der Waals surface area (Å²) < 4.78 is 23.9. The van der Waals surface area contributed by atoms with E-state index in [1.807, 2.05) is 0 Å². The topological polar surface area (TPSA) is 105 Å². The van der Waals surface area contributed by atoms with Crippen LogP contribution in [-0.2, 0) is 20.4 Å². The van der Waals surface area contributed by atoms with Crippen LogP contribution in [0.2, 0.25) is 0 Å². The maximum atomic E-state index is 12.0. The van der Waals surface area contributed by atoms with Gasteiger partial charge < -0.3 is 5.32 Å². The van der Waals surface area contributed by atoms with Gasteiger partial charge in [0.1, 0.15) is 0 Å².